The maximum Gasteiger partial charge on any atom is 0.225 e. The molecule has 5 nitrogen and oxygen atoms in total. The molecule has 2 aromatic rings. The number of ether oxygens (including phenoxy) is 1. The number of carbonyl (C=O) groups excluding carboxylic acids is 1. The number of hydrogen-bond acceptors (Lipinski definition) is 4. The zero-order valence-electron chi connectivity index (χ0n) is 14.0. The number of amides is 1. The van der Waals surface area contributed by atoms with E-state index in [1.807, 2.05) is 22.7 Å². The summed E-state index contributed by atoms with van der Waals surface area (Å²) in [6, 6.07) is 2.41. The van der Waals surface area contributed by atoms with Crippen LogP contribution in [-0.4, -0.2) is 40.3 Å². The molecule has 0 saturated carbocycles. The average Bonchev–Trinajstić information content (AvgIpc) is 3.24. The third kappa shape index (κ3) is 3.13. The van der Waals surface area contributed by atoms with Gasteiger partial charge in [0.25, 0.3) is 0 Å². The van der Waals surface area contributed by atoms with Crippen molar-refractivity contribution in [2.75, 3.05) is 19.7 Å². The summed E-state index contributed by atoms with van der Waals surface area (Å²) >= 11 is 1.78. The molecule has 2 aliphatic rings. The Bertz CT molecular complexity index is 723. The number of fused-ring (bicyclic) bond motifs is 1. The quantitative estimate of drug-likeness (QED) is 0.859. The van der Waals surface area contributed by atoms with Crippen LogP contribution < -0.4 is 0 Å². The lowest BCUT2D eigenvalue weighted by molar-refractivity contribution is -0.136. The van der Waals surface area contributed by atoms with Crippen molar-refractivity contribution in [1.29, 1.82) is 0 Å². The number of likely N-dealkylation sites (tertiary alicyclic amines) is 1. The monoisotopic (exact) mass is 345 g/mol. The summed E-state index contributed by atoms with van der Waals surface area (Å²) in [5.74, 6) is 0.202. The minimum absolute atomic E-state index is 0.0696. The molecule has 0 N–H and O–H groups in total. The van der Waals surface area contributed by atoms with Gasteiger partial charge in [-0.1, -0.05) is 0 Å². The van der Waals surface area contributed by atoms with Crippen molar-refractivity contribution in [2.24, 2.45) is 0 Å². The highest BCUT2D eigenvalue weighted by molar-refractivity contribution is 7.10. The maximum atomic E-state index is 12.8. The van der Waals surface area contributed by atoms with Crippen molar-refractivity contribution in [3.8, 4) is 0 Å². The predicted molar refractivity (Wildman–Crippen MR) is 93.1 cm³/mol. The molecule has 128 valence electrons. The Balaban J connectivity index is 1.42. The van der Waals surface area contributed by atoms with Crippen LogP contribution in [0.2, 0.25) is 0 Å². The lowest BCUT2D eigenvalue weighted by Crippen LogP contribution is -2.41. The Morgan fingerprint density at radius 3 is 3.25 bits per heavy atom. The van der Waals surface area contributed by atoms with Gasteiger partial charge in [-0.25, -0.2) is 0 Å². The van der Waals surface area contributed by atoms with Gasteiger partial charge in [0.1, 0.15) is 0 Å². The zero-order valence-corrected chi connectivity index (χ0v) is 14.8. The molecule has 0 bridgehead atoms. The van der Waals surface area contributed by atoms with Gasteiger partial charge in [0.15, 0.2) is 0 Å². The molecule has 1 amide bonds. The number of aromatic nitrogens is 2. The van der Waals surface area contributed by atoms with Crippen molar-refractivity contribution in [3.05, 3.63) is 39.8 Å². The van der Waals surface area contributed by atoms with E-state index in [1.165, 1.54) is 16.0 Å². The molecular weight excluding hydrogens is 322 g/mol. The minimum atomic E-state index is -0.0696. The summed E-state index contributed by atoms with van der Waals surface area (Å²) in [5, 5.41) is 6.53. The Morgan fingerprint density at radius 2 is 2.42 bits per heavy atom. The zero-order chi connectivity index (χ0) is 16.5. The minimum Gasteiger partial charge on any atom is -0.373 e. The maximum absolute atomic E-state index is 12.8. The van der Waals surface area contributed by atoms with Crippen molar-refractivity contribution in [3.63, 3.8) is 0 Å². The molecule has 2 aliphatic heterocycles. The van der Waals surface area contributed by atoms with Crippen molar-refractivity contribution < 1.29 is 9.53 Å². The fourth-order valence-corrected chi connectivity index (χ4v) is 4.63. The van der Waals surface area contributed by atoms with Gasteiger partial charge in [0.05, 0.1) is 31.4 Å². The normalized spacial score (nSPS) is 24.0. The SMILES string of the molecule is Cc1cnn([C@H]2CCCN(C(=O)C[C@H]3OCCc4sccc43)C2)c1. The fourth-order valence-electron chi connectivity index (χ4n) is 3.71. The largest absolute Gasteiger partial charge is 0.373 e. The summed E-state index contributed by atoms with van der Waals surface area (Å²) in [6.07, 6.45) is 7.43. The van der Waals surface area contributed by atoms with Crippen LogP contribution in [0.5, 0.6) is 0 Å². The molecule has 0 aromatic carbocycles. The summed E-state index contributed by atoms with van der Waals surface area (Å²) in [4.78, 5) is 16.2. The first-order chi connectivity index (χ1) is 11.7. The van der Waals surface area contributed by atoms with E-state index in [4.69, 9.17) is 4.74 Å². The molecule has 0 spiro atoms. The Morgan fingerprint density at radius 1 is 1.50 bits per heavy atom. The first kappa shape index (κ1) is 15.8. The van der Waals surface area contributed by atoms with Gasteiger partial charge >= 0.3 is 0 Å². The van der Waals surface area contributed by atoms with Gasteiger partial charge in [-0.2, -0.15) is 5.10 Å². The highest BCUT2D eigenvalue weighted by atomic mass is 32.1. The van der Waals surface area contributed by atoms with Crippen LogP contribution in [0.15, 0.2) is 23.8 Å². The molecule has 4 heterocycles. The standard InChI is InChI=1S/C18H23N3O2S/c1-13-10-19-21(11-13)14-3-2-6-20(12-14)18(22)9-16-15-5-8-24-17(15)4-7-23-16/h5,8,10-11,14,16H,2-4,6-7,9,12H2,1H3/t14-,16+/m0/s1. The molecule has 1 saturated heterocycles. The van der Waals surface area contributed by atoms with E-state index in [2.05, 4.69) is 22.7 Å². The van der Waals surface area contributed by atoms with E-state index in [1.54, 1.807) is 11.3 Å². The number of piperidine rings is 1. The van der Waals surface area contributed by atoms with Crippen LogP contribution in [0.3, 0.4) is 0 Å². The van der Waals surface area contributed by atoms with Gasteiger partial charge in [-0.15, -0.1) is 11.3 Å². The van der Waals surface area contributed by atoms with E-state index in [-0.39, 0.29) is 12.0 Å². The second-order valence-electron chi connectivity index (χ2n) is 6.75. The fraction of sp³-hybridized carbons (Fsp3) is 0.556. The lowest BCUT2D eigenvalue weighted by Gasteiger charge is -2.34. The van der Waals surface area contributed by atoms with E-state index in [9.17, 15) is 4.79 Å². The second-order valence-corrected chi connectivity index (χ2v) is 7.75. The van der Waals surface area contributed by atoms with E-state index >= 15 is 0 Å². The van der Waals surface area contributed by atoms with Crippen LogP contribution in [0, 0.1) is 6.92 Å². The molecule has 6 heteroatoms. The third-order valence-electron chi connectivity index (χ3n) is 4.99. The summed E-state index contributed by atoms with van der Waals surface area (Å²) in [7, 11) is 0. The Hall–Kier alpha value is -1.66. The molecule has 1 fully saturated rings. The third-order valence-corrected chi connectivity index (χ3v) is 5.99. The molecule has 24 heavy (non-hydrogen) atoms. The van der Waals surface area contributed by atoms with Crippen molar-refractivity contribution >= 4 is 17.2 Å². The Labute approximate surface area is 146 Å². The number of carbonyl (C=O) groups is 1. The van der Waals surface area contributed by atoms with E-state index in [0.29, 0.717) is 12.5 Å². The lowest BCUT2D eigenvalue weighted by atomic mass is 10.0. The van der Waals surface area contributed by atoms with Crippen LogP contribution in [0.4, 0.5) is 0 Å². The van der Waals surface area contributed by atoms with Crippen LogP contribution in [0.1, 0.15) is 47.4 Å². The number of nitrogens with zero attached hydrogens (tertiary/aromatic N) is 3. The van der Waals surface area contributed by atoms with Crippen LogP contribution >= 0.6 is 11.3 Å². The van der Waals surface area contributed by atoms with Crippen molar-refractivity contribution in [1.82, 2.24) is 14.7 Å². The second kappa shape index (κ2) is 6.69. The first-order valence-corrected chi connectivity index (χ1v) is 9.55. The van der Waals surface area contributed by atoms with Gasteiger partial charge in [0, 0.05) is 30.6 Å². The summed E-state index contributed by atoms with van der Waals surface area (Å²) < 4.78 is 7.90. The molecule has 2 aromatic heterocycles. The Kier molecular flexibility index (Phi) is 4.41. The first-order valence-electron chi connectivity index (χ1n) is 8.67. The van der Waals surface area contributed by atoms with Gasteiger partial charge in [0.2, 0.25) is 5.91 Å². The average molecular weight is 345 g/mol. The summed E-state index contributed by atoms with van der Waals surface area (Å²) in [5.41, 5.74) is 2.38. The smallest absolute Gasteiger partial charge is 0.225 e. The predicted octanol–water partition coefficient (Wildman–Crippen LogP) is 3.12. The highest BCUT2D eigenvalue weighted by Gasteiger charge is 2.29. The number of aryl methyl sites for hydroxylation is 1. The molecule has 0 radical (unpaired) electrons. The van der Waals surface area contributed by atoms with Crippen LogP contribution in [0.25, 0.3) is 0 Å². The highest BCUT2D eigenvalue weighted by Crippen LogP contribution is 2.34. The van der Waals surface area contributed by atoms with Crippen molar-refractivity contribution in [2.45, 2.75) is 44.8 Å². The number of thiophene rings is 1. The number of rotatable bonds is 3. The number of hydrogen-bond donors (Lipinski definition) is 0. The molecular formula is C18H23N3O2S. The molecule has 0 unspecified atom stereocenters. The van der Waals surface area contributed by atoms with Gasteiger partial charge in [-0.05, 0) is 42.3 Å². The van der Waals surface area contributed by atoms with Crippen LogP contribution in [-0.2, 0) is 16.0 Å². The molecule has 0 aliphatic carbocycles. The van der Waals surface area contributed by atoms with E-state index in [0.717, 1.165) is 39.0 Å². The van der Waals surface area contributed by atoms with Gasteiger partial charge < -0.3 is 9.64 Å². The molecule has 4 rings (SSSR count). The topological polar surface area (TPSA) is 47.4 Å². The van der Waals surface area contributed by atoms with E-state index < -0.39 is 0 Å². The van der Waals surface area contributed by atoms with Gasteiger partial charge in [-0.3, -0.25) is 9.48 Å². The summed E-state index contributed by atoms with van der Waals surface area (Å²) in [6.45, 7) is 4.37. The molecule has 2 atom stereocenters.